The number of benzene rings is 1. The number of hydrogen-bond donors (Lipinski definition) is 1. The van der Waals surface area contributed by atoms with Gasteiger partial charge in [-0.3, -0.25) is 0 Å². The summed E-state index contributed by atoms with van der Waals surface area (Å²) in [6.45, 7) is 3.42. The fourth-order valence-corrected chi connectivity index (χ4v) is 1.62. The zero-order valence-corrected chi connectivity index (χ0v) is 11.2. The van der Waals surface area contributed by atoms with Gasteiger partial charge in [-0.1, -0.05) is 13.0 Å². The molecule has 2 rings (SSSR count). The maximum absolute atomic E-state index is 5.61. The first-order chi connectivity index (χ1) is 9.33. The zero-order chi connectivity index (χ0) is 13.5. The Kier molecular flexibility index (Phi) is 4.60. The lowest BCUT2D eigenvalue weighted by molar-refractivity contribution is 0.294. The van der Waals surface area contributed by atoms with Crippen LogP contribution in [0, 0.1) is 0 Å². The molecule has 19 heavy (non-hydrogen) atoms. The van der Waals surface area contributed by atoms with E-state index in [0.717, 1.165) is 23.5 Å². The number of nitrogens with zero attached hydrogens (tertiary/aromatic N) is 3. The van der Waals surface area contributed by atoms with Gasteiger partial charge in [-0.25, -0.2) is 4.68 Å². The van der Waals surface area contributed by atoms with Crippen molar-refractivity contribution < 1.29 is 9.47 Å². The van der Waals surface area contributed by atoms with Crippen molar-refractivity contribution in [3.8, 4) is 11.5 Å². The van der Waals surface area contributed by atoms with E-state index in [9.17, 15) is 0 Å². The number of ether oxygens (including phenoxy) is 2. The van der Waals surface area contributed by atoms with Gasteiger partial charge in [0.1, 0.15) is 12.7 Å². The Balaban J connectivity index is 2.01. The maximum Gasteiger partial charge on any atom is 0.161 e. The molecule has 2 aromatic rings. The van der Waals surface area contributed by atoms with Gasteiger partial charge in [0, 0.05) is 0 Å². The van der Waals surface area contributed by atoms with Crippen molar-refractivity contribution >= 4 is 0 Å². The summed E-state index contributed by atoms with van der Waals surface area (Å²) in [6, 6.07) is 5.89. The Hall–Kier alpha value is -2.24. The first-order valence-electron chi connectivity index (χ1n) is 6.21. The minimum atomic E-state index is 0.655. The number of methoxy groups -OCH3 is 1. The summed E-state index contributed by atoms with van der Waals surface area (Å²) >= 11 is 0. The molecule has 1 aromatic heterocycles. The lowest BCUT2D eigenvalue weighted by atomic mass is 10.2. The molecule has 0 fully saturated rings. The number of nitrogens with one attached hydrogen (secondary N) is 1. The minimum Gasteiger partial charge on any atom is -0.493 e. The van der Waals surface area contributed by atoms with E-state index in [-0.39, 0.29) is 0 Å². The predicted molar refractivity (Wildman–Crippen MR) is 71.9 cm³/mol. The Labute approximate surface area is 112 Å². The van der Waals surface area contributed by atoms with Crippen molar-refractivity contribution in [3.63, 3.8) is 0 Å². The van der Waals surface area contributed by atoms with E-state index in [2.05, 4.69) is 22.5 Å². The van der Waals surface area contributed by atoms with E-state index >= 15 is 0 Å². The van der Waals surface area contributed by atoms with Crippen LogP contribution in [0.15, 0.2) is 30.9 Å². The van der Waals surface area contributed by atoms with Crippen LogP contribution in [0.1, 0.15) is 18.9 Å². The summed E-state index contributed by atoms with van der Waals surface area (Å²) in [4.78, 5) is 0. The first kappa shape index (κ1) is 13.2. The SMILES string of the molecule is CCCOc1ccc(CNn2cnnc2)cc1OC. The standard InChI is InChI=1S/C13H18N4O2/c1-3-6-19-12-5-4-11(7-13(12)18-2)8-16-17-9-14-15-10-17/h4-5,7,9-10,16H,3,6,8H2,1-2H3. The molecule has 6 nitrogen and oxygen atoms in total. The van der Waals surface area contributed by atoms with E-state index in [0.29, 0.717) is 13.2 Å². The summed E-state index contributed by atoms with van der Waals surface area (Å²) in [6.07, 6.45) is 4.19. The highest BCUT2D eigenvalue weighted by Crippen LogP contribution is 2.28. The van der Waals surface area contributed by atoms with Crippen LogP contribution in [0.4, 0.5) is 0 Å². The summed E-state index contributed by atoms with van der Waals surface area (Å²) in [5, 5.41) is 7.44. The molecule has 0 radical (unpaired) electrons. The van der Waals surface area contributed by atoms with Crippen LogP contribution in [0.3, 0.4) is 0 Å². The van der Waals surface area contributed by atoms with Gasteiger partial charge in [-0.15, -0.1) is 10.2 Å². The minimum absolute atomic E-state index is 0.655. The molecule has 0 saturated carbocycles. The highest BCUT2D eigenvalue weighted by molar-refractivity contribution is 5.43. The number of rotatable bonds is 7. The van der Waals surface area contributed by atoms with Crippen LogP contribution < -0.4 is 14.9 Å². The molecule has 0 amide bonds. The normalized spacial score (nSPS) is 10.2. The van der Waals surface area contributed by atoms with E-state index < -0.39 is 0 Å². The average Bonchev–Trinajstić information content (AvgIpc) is 2.96. The van der Waals surface area contributed by atoms with Crippen LogP contribution in [-0.2, 0) is 6.54 Å². The summed E-state index contributed by atoms with van der Waals surface area (Å²) < 4.78 is 12.7. The molecule has 1 aromatic carbocycles. The highest BCUT2D eigenvalue weighted by atomic mass is 16.5. The fraction of sp³-hybridized carbons (Fsp3) is 0.385. The second-order valence-corrected chi connectivity index (χ2v) is 4.04. The number of hydrogen-bond acceptors (Lipinski definition) is 5. The van der Waals surface area contributed by atoms with Gasteiger partial charge < -0.3 is 14.9 Å². The summed E-state index contributed by atoms with van der Waals surface area (Å²) in [5.74, 6) is 1.52. The zero-order valence-electron chi connectivity index (χ0n) is 11.2. The molecule has 0 atom stereocenters. The largest absolute Gasteiger partial charge is 0.493 e. The molecule has 0 aliphatic rings. The molecule has 6 heteroatoms. The third-order valence-corrected chi connectivity index (χ3v) is 2.57. The molecule has 0 aliphatic heterocycles. The van der Waals surface area contributed by atoms with Crippen molar-refractivity contribution in [2.45, 2.75) is 19.9 Å². The summed E-state index contributed by atoms with van der Waals surface area (Å²) in [7, 11) is 1.64. The predicted octanol–water partition coefficient (Wildman–Crippen LogP) is 1.82. The highest BCUT2D eigenvalue weighted by Gasteiger charge is 2.05. The van der Waals surface area contributed by atoms with Gasteiger partial charge in [0.2, 0.25) is 0 Å². The fourth-order valence-electron chi connectivity index (χ4n) is 1.62. The van der Waals surface area contributed by atoms with Crippen LogP contribution in [0.25, 0.3) is 0 Å². The van der Waals surface area contributed by atoms with E-state index in [4.69, 9.17) is 9.47 Å². The Bertz CT molecular complexity index is 499. The van der Waals surface area contributed by atoms with Crippen molar-refractivity contribution in [3.05, 3.63) is 36.4 Å². The van der Waals surface area contributed by atoms with Gasteiger partial charge >= 0.3 is 0 Å². The average molecular weight is 262 g/mol. The molecule has 1 N–H and O–H groups in total. The molecule has 0 aliphatic carbocycles. The lowest BCUT2D eigenvalue weighted by Crippen LogP contribution is -2.12. The van der Waals surface area contributed by atoms with Crippen LogP contribution in [-0.4, -0.2) is 28.6 Å². The van der Waals surface area contributed by atoms with Crippen LogP contribution >= 0.6 is 0 Å². The molecule has 1 heterocycles. The topological polar surface area (TPSA) is 61.2 Å². The Morgan fingerprint density at radius 1 is 1.21 bits per heavy atom. The smallest absolute Gasteiger partial charge is 0.161 e. The second kappa shape index (κ2) is 6.63. The third-order valence-electron chi connectivity index (χ3n) is 2.57. The molecular weight excluding hydrogens is 244 g/mol. The second-order valence-electron chi connectivity index (χ2n) is 4.04. The Morgan fingerprint density at radius 2 is 2.00 bits per heavy atom. The third kappa shape index (κ3) is 3.61. The number of aromatic nitrogens is 3. The van der Waals surface area contributed by atoms with Gasteiger partial charge in [0.15, 0.2) is 11.5 Å². The van der Waals surface area contributed by atoms with Gasteiger partial charge in [0.25, 0.3) is 0 Å². The molecular formula is C13H18N4O2. The molecule has 0 spiro atoms. The molecule has 0 bridgehead atoms. The quantitative estimate of drug-likeness (QED) is 0.824. The van der Waals surface area contributed by atoms with Crippen LogP contribution in [0.2, 0.25) is 0 Å². The van der Waals surface area contributed by atoms with E-state index in [1.165, 1.54) is 0 Å². The first-order valence-corrected chi connectivity index (χ1v) is 6.21. The van der Waals surface area contributed by atoms with Gasteiger partial charge in [-0.2, -0.15) is 0 Å². The lowest BCUT2D eigenvalue weighted by Gasteiger charge is -2.12. The van der Waals surface area contributed by atoms with Crippen LogP contribution in [0.5, 0.6) is 11.5 Å². The molecule has 0 saturated heterocycles. The van der Waals surface area contributed by atoms with Crippen molar-refractivity contribution in [1.29, 1.82) is 0 Å². The molecule has 0 unspecified atom stereocenters. The van der Waals surface area contributed by atoms with Crippen molar-refractivity contribution in [2.75, 3.05) is 19.1 Å². The van der Waals surface area contributed by atoms with Crippen molar-refractivity contribution in [2.24, 2.45) is 0 Å². The van der Waals surface area contributed by atoms with Gasteiger partial charge in [0.05, 0.1) is 20.3 Å². The molecule has 102 valence electrons. The Morgan fingerprint density at radius 3 is 2.68 bits per heavy atom. The van der Waals surface area contributed by atoms with E-state index in [1.54, 1.807) is 24.4 Å². The van der Waals surface area contributed by atoms with E-state index in [1.807, 2.05) is 18.2 Å². The van der Waals surface area contributed by atoms with Gasteiger partial charge in [-0.05, 0) is 24.1 Å². The maximum atomic E-state index is 5.61. The van der Waals surface area contributed by atoms with Crippen molar-refractivity contribution in [1.82, 2.24) is 14.9 Å². The monoisotopic (exact) mass is 262 g/mol. The summed E-state index contributed by atoms with van der Waals surface area (Å²) in [5.41, 5.74) is 4.24.